The third-order valence-electron chi connectivity index (χ3n) is 3.91. The summed E-state index contributed by atoms with van der Waals surface area (Å²) in [5.41, 5.74) is 3.86. The van der Waals surface area contributed by atoms with Crippen LogP contribution in [0.15, 0.2) is 48.5 Å². The highest BCUT2D eigenvalue weighted by Gasteiger charge is 2.07. The summed E-state index contributed by atoms with van der Waals surface area (Å²) < 4.78 is 15.0. The van der Waals surface area contributed by atoms with Gasteiger partial charge in [0.2, 0.25) is 0 Å². The summed E-state index contributed by atoms with van der Waals surface area (Å²) in [6.07, 6.45) is 0. The highest BCUT2D eigenvalue weighted by atomic mass is 19.1. The van der Waals surface area contributed by atoms with Crippen LogP contribution < -0.4 is 5.32 Å². The Bertz CT molecular complexity index is 834. The van der Waals surface area contributed by atoms with E-state index >= 15 is 0 Å². The fraction of sp³-hybridized carbons (Fsp3) is 0.167. The van der Waals surface area contributed by atoms with Crippen LogP contribution >= 0.6 is 0 Å². The molecule has 3 rings (SSSR count). The van der Waals surface area contributed by atoms with Crippen LogP contribution in [0.3, 0.4) is 0 Å². The lowest BCUT2D eigenvalue weighted by Crippen LogP contribution is -2.22. The monoisotopic (exact) mass is 296 g/mol. The van der Waals surface area contributed by atoms with Gasteiger partial charge in [-0.2, -0.15) is 0 Å². The van der Waals surface area contributed by atoms with Crippen LogP contribution in [0.2, 0.25) is 0 Å². The van der Waals surface area contributed by atoms with Crippen LogP contribution in [0.25, 0.3) is 10.9 Å². The number of fused-ring (bicyclic) bond motifs is 1. The van der Waals surface area contributed by atoms with Crippen molar-refractivity contribution in [2.24, 2.45) is 7.05 Å². The lowest BCUT2D eigenvalue weighted by atomic mass is 10.1. The number of nitrogens with zero attached hydrogens (tertiary/aromatic N) is 1. The molecule has 1 aromatic heterocycles. The zero-order chi connectivity index (χ0) is 15.7. The molecule has 3 nitrogen and oxygen atoms in total. The van der Waals surface area contributed by atoms with Crippen LogP contribution in [-0.4, -0.2) is 10.5 Å². The molecule has 0 saturated heterocycles. The lowest BCUT2D eigenvalue weighted by molar-refractivity contribution is 0.0951. The van der Waals surface area contributed by atoms with Gasteiger partial charge in [-0.3, -0.25) is 4.79 Å². The third kappa shape index (κ3) is 2.72. The molecule has 0 aliphatic carbocycles. The number of aromatic nitrogens is 1. The Kier molecular flexibility index (Phi) is 3.67. The highest BCUT2D eigenvalue weighted by molar-refractivity contribution is 5.94. The molecule has 0 radical (unpaired) electrons. The lowest BCUT2D eigenvalue weighted by Gasteiger charge is -2.06. The summed E-state index contributed by atoms with van der Waals surface area (Å²) in [7, 11) is 2.04. The number of hydrogen-bond donors (Lipinski definition) is 1. The van der Waals surface area contributed by atoms with E-state index < -0.39 is 0 Å². The van der Waals surface area contributed by atoms with Gasteiger partial charge >= 0.3 is 0 Å². The van der Waals surface area contributed by atoms with Crippen LogP contribution in [0.4, 0.5) is 4.39 Å². The van der Waals surface area contributed by atoms with E-state index in [-0.39, 0.29) is 11.7 Å². The van der Waals surface area contributed by atoms with Crippen molar-refractivity contribution in [1.29, 1.82) is 0 Å². The second-order valence-electron chi connectivity index (χ2n) is 5.43. The van der Waals surface area contributed by atoms with Gasteiger partial charge in [0.15, 0.2) is 0 Å². The minimum Gasteiger partial charge on any atom is -0.348 e. The molecule has 1 N–H and O–H groups in total. The highest BCUT2D eigenvalue weighted by Crippen LogP contribution is 2.19. The second kappa shape index (κ2) is 5.64. The number of halogens is 1. The van der Waals surface area contributed by atoms with Gasteiger partial charge in [-0.15, -0.1) is 0 Å². The predicted molar refractivity (Wildman–Crippen MR) is 85.2 cm³/mol. The van der Waals surface area contributed by atoms with Gasteiger partial charge in [0, 0.05) is 35.8 Å². The molecular formula is C18H17FN2O. The molecule has 4 heteroatoms. The van der Waals surface area contributed by atoms with Crippen molar-refractivity contribution in [3.8, 4) is 0 Å². The predicted octanol–water partition coefficient (Wildman–Crippen LogP) is 3.56. The SMILES string of the molecule is Cc1cc2cc(CNC(=O)c3ccc(F)cc3)ccc2n1C. The number of carbonyl (C=O) groups is 1. The van der Waals surface area contributed by atoms with Crippen molar-refractivity contribution in [2.75, 3.05) is 0 Å². The van der Waals surface area contributed by atoms with Gasteiger partial charge in [-0.25, -0.2) is 4.39 Å². The number of hydrogen-bond acceptors (Lipinski definition) is 1. The van der Waals surface area contributed by atoms with Crippen molar-refractivity contribution in [3.63, 3.8) is 0 Å². The van der Waals surface area contributed by atoms with E-state index in [0.717, 1.165) is 10.9 Å². The van der Waals surface area contributed by atoms with Crippen molar-refractivity contribution in [3.05, 3.63) is 71.2 Å². The topological polar surface area (TPSA) is 34.0 Å². The number of aryl methyl sites for hydroxylation is 2. The Hall–Kier alpha value is -2.62. The number of nitrogens with one attached hydrogen (secondary N) is 1. The van der Waals surface area contributed by atoms with E-state index in [1.165, 1.54) is 35.5 Å². The largest absolute Gasteiger partial charge is 0.348 e. The fourth-order valence-electron chi connectivity index (χ4n) is 2.53. The standard InChI is InChI=1S/C18H17FN2O/c1-12-9-15-10-13(3-8-17(15)21(12)2)11-20-18(22)14-4-6-16(19)7-5-14/h3-10H,11H2,1-2H3,(H,20,22). The number of benzene rings is 2. The van der Waals surface area contributed by atoms with E-state index in [9.17, 15) is 9.18 Å². The van der Waals surface area contributed by atoms with E-state index in [1.807, 2.05) is 13.1 Å². The van der Waals surface area contributed by atoms with E-state index in [0.29, 0.717) is 12.1 Å². The van der Waals surface area contributed by atoms with Crippen LogP contribution in [0, 0.1) is 12.7 Å². The maximum Gasteiger partial charge on any atom is 0.251 e. The third-order valence-corrected chi connectivity index (χ3v) is 3.91. The van der Waals surface area contributed by atoms with Gasteiger partial charge < -0.3 is 9.88 Å². The van der Waals surface area contributed by atoms with E-state index in [1.54, 1.807) is 0 Å². The summed E-state index contributed by atoms with van der Waals surface area (Å²) in [6.45, 7) is 2.51. The zero-order valence-corrected chi connectivity index (χ0v) is 12.6. The first-order chi connectivity index (χ1) is 10.5. The summed E-state index contributed by atoms with van der Waals surface area (Å²) in [4.78, 5) is 12.0. The quantitative estimate of drug-likeness (QED) is 0.788. The van der Waals surface area contributed by atoms with Gasteiger partial charge in [0.25, 0.3) is 5.91 Å². The molecule has 0 saturated carbocycles. The molecule has 22 heavy (non-hydrogen) atoms. The molecular weight excluding hydrogens is 279 g/mol. The van der Waals surface area contributed by atoms with Crippen molar-refractivity contribution >= 4 is 16.8 Å². The molecule has 0 aliphatic heterocycles. The summed E-state index contributed by atoms with van der Waals surface area (Å²) in [5.74, 6) is -0.550. The summed E-state index contributed by atoms with van der Waals surface area (Å²) in [5, 5.41) is 4.01. The van der Waals surface area contributed by atoms with Crippen molar-refractivity contribution in [2.45, 2.75) is 13.5 Å². The first-order valence-electron chi connectivity index (χ1n) is 7.13. The minimum atomic E-state index is -0.346. The Morgan fingerprint density at radius 2 is 1.86 bits per heavy atom. The van der Waals surface area contributed by atoms with Crippen molar-refractivity contribution in [1.82, 2.24) is 9.88 Å². The molecule has 0 aliphatic rings. The molecule has 0 unspecified atom stereocenters. The van der Waals surface area contributed by atoms with Gasteiger partial charge in [-0.1, -0.05) is 6.07 Å². The first-order valence-corrected chi connectivity index (χ1v) is 7.13. The summed E-state index contributed by atoms with van der Waals surface area (Å²) >= 11 is 0. The average molecular weight is 296 g/mol. The maximum absolute atomic E-state index is 12.9. The number of amides is 1. The number of carbonyl (C=O) groups excluding carboxylic acids is 1. The second-order valence-corrected chi connectivity index (χ2v) is 5.43. The molecule has 0 spiro atoms. The van der Waals surface area contributed by atoms with Crippen molar-refractivity contribution < 1.29 is 9.18 Å². The Morgan fingerprint density at radius 3 is 2.59 bits per heavy atom. The minimum absolute atomic E-state index is 0.204. The molecule has 0 atom stereocenters. The molecule has 2 aromatic carbocycles. The molecule has 0 fully saturated rings. The van der Waals surface area contributed by atoms with E-state index in [4.69, 9.17) is 0 Å². The molecule has 3 aromatic rings. The maximum atomic E-state index is 12.9. The Balaban J connectivity index is 1.73. The summed E-state index contributed by atoms with van der Waals surface area (Å²) in [6, 6.07) is 13.8. The van der Waals surface area contributed by atoms with Crippen LogP contribution in [-0.2, 0) is 13.6 Å². The van der Waals surface area contributed by atoms with Gasteiger partial charge in [0.05, 0.1) is 0 Å². The normalized spacial score (nSPS) is 10.9. The Morgan fingerprint density at radius 1 is 1.14 bits per heavy atom. The molecule has 0 bridgehead atoms. The zero-order valence-electron chi connectivity index (χ0n) is 12.6. The van der Waals surface area contributed by atoms with Crippen LogP contribution in [0.5, 0.6) is 0 Å². The van der Waals surface area contributed by atoms with E-state index in [2.05, 4.69) is 35.0 Å². The Labute approximate surface area is 128 Å². The number of rotatable bonds is 3. The first kappa shape index (κ1) is 14.3. The average Bonchev–Trinajstić information content (AvgIpc) is 2.80. The fourth-order valence-corrected chi connectivity index (χ4v) is 2.53. The van der Waals surface area contributed by atoms with Gasteiger partial charge in [-0.05, 0) is 55.0 Å². The molecule has 112 valence electrons. The molecule has 1 heterocycles. The van der Waals surface area contributed by atoms with Crippen LogP contribution in [0.1, 0.15) is 21.6 Å². The van der Waals surface area contributed by atoms with Gasteiger partial charge in [0.1, 0.15) is 5.82 Å². The molecule has 1 amide bonds. The smallest absolute Gasteiger partial charge is 0.251 e.